The summed E-state index contributed by atoms with van der Waals surface area (Å²) in [6.07, 6.45) is 1.62. The van der Waals surface area contributed by atoms with Gasteiger partial charge in [-0.1, -0.05) is 18.2 Å². The van der Waals surface area contributed by atoms with Crippen molar-refractivity contribution in [3.05, 3.63) is 71.1 Å². The Morgan fingerprint density at radius 2 is 2.00 bits per heavy atom. The van der Waals surface area contributed by atoms with Gasteiger partial charge in [-0.15, -0.1) is 11.3 Å². The molecule has 1 amide bonds. The summed E-state index contributed by atoms with van der Waals surface area (Å²) in [5.41, 5.74) is 3.78. The number of hydrogen-bond donors (Lipinski definition) is 0. The van der Waals surface area contributed by atoms with Crippen LogP contribution in [0, 0.1) is 0 Å². The minimum Gasteiger partial charge on any atom is -0.467 e. The van der Waals surface area contributed by atoms with Gasteiger partial charge in [0.25, 0.3) is 0 Å². The Bertz CT molecular complexity index is 742. The zero-order valence-corrected chi connectivity index (χ0v) is 14.3. The second-order valence-electron chi connectivity index (χ2n) is 5.50. The lowest BCUT2D eigenvalue weighted by Crippen LogP contribution is -2.38. The highest BCUT2D eigenvalue weighted by atomic mass is 32.1. The number of hydrogen-bond acceptors (Lipinski definition) is 5. The van der Waals surface area contributed by atoms with Crippen LogP contribution in [0.3, 0.4) is 0 Å². The fourth-order valence-corrected chi connectivity index (χ4v) is 2.95. The number of thiazole rings is 1. The molecule has 124 valence electrons. The summed E-state index contributed by atoms with van der Waals surface area (Å²) in [5, 5.41) is 2.01. The molecular formula is C18H19N3O2S. The normalized spacial score (nSPS) is 10.5. The third-order valence-corrected chi connectivity index (χ3v) is 4.32. The molecule has 3 rings (SSSR count). The third-order valence-electron chi connectivity index (χ3n) is 3.68. The predicted octanol–water partition coefficient (Wildman–Crippen LogP) is 3.40. The van der Waals surface area contributed by atoms with E-state index in [1.54, 1.807) is 29.5 Å². The molecule has 0 aliphatic rings. The number of furan rings is 1. The van der Waals surface area contributed by atoms with Gasteiger partial charge in [0.2, 0.25) is 5.91 Å². The Kier molecular flexibility index (Phi) is 5.28. The topological polar surface area (TPSA) is 49.6 Å². The Labute approximate surface area is 145 Å². The van der Waals surface area contributed by atoms with Gasteiger partial charge in [-0.25, -0.2) is 4.98 Å². The van der Waals surface area contributed by atoms with E-state index in [0.717, 1.165) is 17.1 Å². The molecule has 0 aliphatic heterocycles. The lowest BCUT2D eigenvalue weighted by atomic mass is 10.2. The van der Waals surface area contributed by atoms with Crippen LogP contribution in [-0.2, 0) is 17.9 Å². The van der Waals surface area contributed by atoms with Gasteiger partial charge in [-0.2, -0.15) is 0 Å². The van der Waals surface area contributed by atoms with Crippen molar-refractivity contribution in [2.45, 2.75) is 13.1 Å². The molecule has 0 spiro atoms. The van der Waals surface area contributed by atoms with E-state index in [1.807, 2.05) is 58.3 Å². The second kappa shape index (κ2) is 7.79. The van der Waals surface area contributed by atoms with Gasteiger partial charge in [0.15, 0.2) is 0 Å². The number of rotatable bonds is 7. The summed E-state index contributed by atoms with van der Waals surface area (Å²) in [5.74, 6) is 0.807. The van der Waals surface area contributed by atoms with E-state index in [-0.39, 0.29) is 5.91 Å². The molecule has 0 atom stereocenters. The van der Waals surface area contributed by atoms with Crippen molar-refractivity contribution in [2.75, 3.05) is 18.5 Å². The minimum absolute atomic E-state index is 0.0329. The minimum atomic E-state index is 0.0329. The molecule has 2 aromatic heterocycles. The molecular weight excluding hydrogens is 322 g/mol. The van der Waals surface area contributed by atoms with Crippen LogP contribution >= 0.6 is 11.3 Å². The van der Waals surface area contributed by atoms with E-state index in [4.69, 9.17) is 4.42 Å². The van der Waals surface area contributed by atoms with Crippen molar-refractivity contribution in [1.82, 2.24) is 9.88 Å². The highest BCUT2D eigenvalue weighted by Crippen LogP contribution is 2.17. The number of benzene rings is 1. The molecule has 0 aliphatic carbocycles. The maximum absolute atomic E-state index is 12.6. The van der Waals surface area contributed by atoms with Crippen molar-refractivity contribution in [3.63, 3.8) is 0 Å². The first-order valence-corrected chi connectivity index (χ1v) is 8.60. The lowest BCUT2D eigenvalue weighted by molar-refractivity contribution is -0.129. The van der Waals surface area contributed by atoms with Gasteiger partial charge < -0.3 is 14.2 Å². The molecule has 0 saturated heterocycles. The number of likely N-dealkylation sites (N-methyl/N-ethyl adjacent to an activating group) is 1. The molecule has 1 aromatic carbocycles. The van der Waals surface area contributed by atoms with Crippen LogP contribution < -0.4 is 4.90 Å². The van der Waals surface area contributed by atoms with Gasteiger partial charge in [0.1, 0.15) is 5.76 Å². The molecule has 0 saturated carbocycles. The largest absolute Gasteiger partial charge is 0.467 e. The Hall–Kier alpha value is -2.60. The standard InChI is InChI=1S/C18H19N3O2S/c1-20(11-17-8-5-9-23-17)18(22)12-21(10-15-13-24-14-19-15)16-6-3-2-4-7-16/h2-9,13-14H,10-12H2,1H3. The summed E-state index contributed by atoms with van der Waals surface area (Å²) < 4.78 is 5.31. The van der Waals surface area contributed by atoms with Crippen LogP contribution in [0.4, 0.5) is 5.69 Å². The van der Waals surface area contributed by atoms with Crippen molar-refractivity contribution in [1.29, 1.82) is 0 Å². The van der Waals surface area contributed by atoms with Crippen LogP contribution in [0.5, 0.6) is 0 Å². The lowest BCUT2D eigenvalue weighted by Gasteiger charge is -2.26. The summed E-state index contributed by atoms with van der Waals surface area (Å²) in [6.45, 7) is 1.36. The number of aromatic nitrogens is 1. The molecule has 5 nitrogen and oxygen atoms in total. The average molecular weight is 341 g/mol. The predicted molar refractivity (Wildman–Crippen MR) is 94.8 cm³/mol. The summed E-state index contributed by atoms with van der Waals surface area (Å²) in [6, 6.07) is 13.6. The van der Waals surface area contributed by atoms with Gasteiger partial charge in [0, 0.05) is 18.1 Å². The van der Waals surface area contributed by atoms with E-state index in [9.17, 15) is 4.79 Å². The fraction of sp³-hybridized carbons (Fsp3) is 0.222. The van der Waals surface area contributed by atoms with Crippen molar-refractivity contribution >= 4 is 22.9 Å². The summed E-state index contributed by atoms with van der Waals surface area (Å²) in [7, 11) is 1.79. The van der Waals surface area contributed by atoms with Crippen LogP contribution in [0.2, 0.25) is 0 Å². The van der Waals surface area contributed by atoms with Crippen molar-refractivity contribution in [2.24, 2.45) is 0 Å². The molecule has 0 fully saturated rings. The zero-order chi connectivity index (χ0) is 16.8. The van der Waals surface area contributed by atoms with Crippen LogP contribution in [0.15, 0.2) is 64.0 Å². The fourth-order valence-electron chi connectivity index (χ4n) is 2.40. The van der Waals surface area contributed by atoms with Gasteiger partial charge in [-0.3, -0.25) is 4.79 Å². The number of para-hydroxylation sites is 1. The van der Waals surface area contributed by atoms with E-state index >= 15 is 0 Å². The summed E-state index contributed by atoms with van der Waals surface area (Å²) in [4.78, 5) is 20.7. The molecule has 6 heteroatoms. The quantitative estimate of drug-likeness (QED) is 0.661. The smallest absolute Gasteiger partial charge is 0.242 e. The third kappa shape index (κ3) is 4.23. The first-order valence-electron chi connectivity index (χ1n) is 7.66. The molecule has 0 N–H and O–H groups in total. The molecule has 0 unspecified atom stereocenters. The van der Waals surface area contributed by atoms with Gasteiger partial charge in [0.05, 0.1) is 37.1 Å². The maximum atomic E-state index is 12.6. The van der Waals surface area contributed by atoms with E-state index in [0.29, 0.717) is 19.6 Å². The Balaban J connectivity index is 1.69. The number of nitrogens with zero attached hydrogens (tertiary/aromatic N) is 3. The first-order chi connectivity index (χ1) is 11.7. The Morgan fingerprint density at radius 1 is 1.17 bits per heavy atom. The zero-order valence-electron chi connectivity index (χ0n) is 13.5. The van der Waals surface area contributed by atoms with E-state index in [2.05, 4.69) is 4.98 Å². The summed E-state index contributed by atoms with van der Waals surface area (Å²) >= 11 is 1.56. The van der Waals surface area contributed by atoms with E-state index in [1.165, 1.54) is 0 Å². The number of amides is 1. The van der Waals surface area contributed by atoms with Gasteiger partial charge >= 0.3 is 0 Å². The van der Waals surface area contributed by atoms with Crippen molar-refractivity contribution < 1.29 is 9.21 Å². The van der Waals surface area contributed by atoms with Crippen molar-refractivity contribution in [3.8, 4) is 0 Å². The SMILES string of the molecule is CN(Cc1ccco1)C(=O)CN(Cc1cscn1)c1ccccc1. The van der Waals surface area contributed by atoms with Crippen LogP contribution in [0.1, 0.15) is 11.5 Å². The molecule has 24 heavy (non-hydrogen) atoms. The molecule has 0 bridgehead atoms. The van der Waals surface area contributed by atoms with E-state index < -0.39 is 0 Å². The molecule has 0 radical (unpaired) electrons. The first kappa shape index (κ1) is 16.3. The van der Waals surface area contributed by atoms with Crippen LogP contribution in [0.25, 0.3) is 0 Å². The highest BCUT2D eigenvalue weighted by Gasteiger charge is 2.17. The monoisotopic (exact) mass is 341 g/mol. The average Bonchev–Trinajstić information content (AvgIpc) is 3.29. The van der Waals surface area contributed by atoms with Gasteiger partial charge in [-0.05, 0) is 24.3 Å². The highest BCUT2D eigenvalue weighted by molar-refractivity contribution is 7.07. The number of carbonyl (C=O) groups is 1. The Morgan fingerprint density at radius 3 is 2.67 bits per heavy atom. The number of anilines is 1. The molecule has 2 heterocycles. The molecule has 3 aromatic rings. The van der Waals surface area contributed by atoms with Crippen LogP contribution in [-0.4, -0.2) is 29.4 Å². The second-order valence-corrected chi connectivity index (χ2v) is 6.22. The number of carbonyl (C=O) groups excluding carboxylic acids is 1. The maximum Gasteiger partial charge on any atom is 0.242 e.